The van der Waals surface area contributed by atoms with E-state index in [1.807, 2.05) is 19.1 Å². The van der Waals surface area contributed by atoms with Crippen molar-refractivity contribution in [1.82, 2.24) is 10.2 Å². The number of aryl methyl sites for hydroxylation is 1. The van der Waals surface area contributed by atoms with E-state index in [2.05, 4.69) is 5.32 Å². The van der Waals surface area contributed by atoms with Crippen LogP contribution in [-0.4, -0.2) is 36.1 Å². The average molecular weight is 310 g/mol. The van der Waals surface area contributed by atoms with E-state index in [9.17, 15) is 9.59 Å². The summed E-state index contributed by atoms with van der Waals surface area (Å²) in [6.45, 7) is 8.15. The molecule has 0 bridgehead atoms. The van der Waals surface area contributed by atoms with Crippen molar-refractivity contribution >= 4 is 12.0 Å². The summed E-state index contributed by atoms with van der Waals surface area (Å²) >= 11 is 0. The molecule has 0 radical (unpaired) electrons. The lowest BCUT2D eigenvalue weighted by molar-refractivity contribution is -0.130. The molecule has 0 saturated carbocycles. The third kappa shape index (κ3) is 7.15. The van der Waals surface area contributed by atoms with Crippen molar-refractivity contribution in [2.24, 2.45) is 0 Å². The number of nitrogens with one attached hydrogen (secondary N) is 1. The molecule has 6 nitrogen and oxygen atoms in total. The van der Waals surface area contributed by atoms with Crippen LogP contribution in [0.1, 0.15) is 45.1 Å². The molecule has 0 fully saturated rings. The Kier molecular flexibility index (Phi) is 6.46. The summed E-state index contributed by atoms with van der Waals surface area (Å²) in [7, 11) is 1.74. The van der Waals surface area contributed by atoms with Gasteiger partial charge in [-0.15, -0.1) is 0 Å². The molecule has 22 heavy (non-hydrogen) atoms. The van der Waals surface area contributed by atoms with Gasteiger partial charge in [-0.05, 0) is 46.2 Å². The van der Waals surface area contributed by atoms with E-state index in [1.165, 1.54) is 0 Å². The van der Waals surface area contributed by atoms with Gasteiger partial charge >= 0.3 is 6.09 Å². The number of amides is 2. The van der Waals surface area contributed by atoms with Gasteiger partial charge in [0.25, 0.3) is 0 Å². The molecule has 0 atom stereocenters. The second kappa shape index (κ2) is 7.87. The van der Waals surface area contributed by atoms with Gasteiger partial charge in [0.1, 0.15) is 17.1 Å². The number of alkyl carbamates (subject to hydrolysis) is 1. The summed E-state index contributed by atoms with van der Waals surface area (Å²) in [4.78, 5) is 25.0. The van der Waals surface area contributed by atoms with E-state index in [4.69, 9.17) is 9.15 Å². The van der Waals surface area contributed by atoms with Gasteiger partial charge in [-0.3, -0.25) is 4.79 Å². The first-order valence-corrected chi connectivity index (χ1v) is 7.43. The SMILES string of the molecule is Cc1ccc(CN(C)C(=O)CCCNC(=O)OC(C)(C)C)o1. The van der Waals surface area contributed by atoms with Crippen LogP contribution in [0, 0.1) is 6.92 Å². The van der Waals surface area contributed by atoms with Gasteiger partial charge in [0.05, 0.1) is 6.54 Å². The molecule has 0 aromatic carbocycles. The van der Waals surface area contributed by atoms with Gasteiger partial charge in [-0.2, -0.15) is 0 Å². The number of carbonyl (C=O) groups is 2. The zero-order chi connectivity index (χ0) is 16.8. The molecular formula is C16H26N2O4. The fraction of sp³-hybridized carbons (Fsp3) is 0.625. The molecule has 0 aliphatic carbocycles. The summed E-state index contributed by atoms with van der Waals surface area (Å²) in [5.41, 5.74) is -0.513. The maximum atomic E-state index is 12.0. The molecule has 1 rings (SSSR count). The minimum absolute atomic E-state index is 0.0139. The average Bonchev–Trinajstić information content (AvgIpc) is 2.77. The minimum Gasteiger partial charge on any atom is -0.464 e. The van der Waals surface area contributed by atoms with Crippen molar-refractivity contribution in [2.75, 3.05) is 13.6 Å². The lowest BCUT2D eigenvalue weighted by atomic mass is 10.2. The summed E-state index contributed by atoms with van der Waals surface area (Å²) in [6.07, 6.45) is 0.477. The van der Waals surface area contributed by atoms with Crippen LogP contribution >= 0.6 is 0 Å². The van der Waals surface area contributed by atoms with Gasteiger partial charge in [-0.25, -0.2) is 4.79 Å². The first kappa shape index (κ1) is 18.1. The van der Waals surface area contributed by atoms with Gasteiger partial charge in [-0.1, -0.05) is 0 Å². The molecule has 1 aromatic rings. The van der Waals surface area contributed by atoms with Crippen LogP contribution in [0.2, 0.25) is 0 Å². The van der Waals surface area contributed by atoms with Crippen LogP contribution in [0.15, 0.2) is 16.5 Å². The number of furan rings is 1. The Hall–Kier alpha value is -1.98. The van der Waals surface area contributed by atoms with E-state index in [-0.39, 0.29) is 5.91 Å². The number of rotatable bonds is 6. The zero-order valence-electron chi connectivity index (χ0n) is 14.1. The van der Waals surface area contributed by atoms with Crippen molar-refractivity contribution in [3.8, 4) is 0 Å². The lowest BCUT2D eigenvalue weighted by Crippen LogP contribution is -2.33. The number of hydrogen-bond acceptors (Lipinski definition) is 4. The van der Waals surface area contributed by atoms with E-state index < -0.39 is 11.7 Å². The summed E-state index contributed by atoms with van der Waals surface area (Å²) in [5.74, 6) is 1.61. The van der Waals surface area contributed by atoms with Gasteiger partial charge in [0, 0.05) is 20.0 Å². The van der Waals surface area contributed by atoms with Crippen LogP contribution in [0.25, 0.3) is 0 Å². The maximum Gasteiger partial charge on any atom is 0.407 e. The fourth-order valence-corrected chi connectivity index (χ4v) is 1.83. The predicted octanol–water partition coefficient (Wildman–Crippen LogP) is 2.85. The first-order valence-electron chi connectivity index (χ1n) is 7.43. The van der Waals surface area contributed by atoms with Gasteiger partial charge < -0.3 is 19.4 Å². The first-order chi connectivity index (χ1) is 10.2. The highest BCUT2D eigenvalue weighted by Crippen LogP contribution is 2.10. The summed E-state index contributed by atoms with van der Waals surface area (Å²) in [5, 5.41) is 2.64. The van der Waals surface area contributed by atoms with Crippen molar-refractivity contribution in [3.05, 3.63) is 23.7 Å². The third-order valence-corrected chi connectivity index (χ3v) is 2.85. The Morgan fingerprint density at radius 3 is 2.55 bits per heavy atom. The Morgan fingerprint density at radius 2 is 2.00 bits per heavy atom. The molecule has 0 aliphatic heterocycles. The molecule has 1 aromatic heterocycles. The standard InChI is InChI=1S/C16H26N2O4/c1-12-8-9-13(21-12)11-18(5)14(19)7-6-10-17-15(20)22-16(2,3)4/h8-9H,6-7,10-11H2,1-5H3,(H,17,20). The smallest absolute Gasteiger partial charge is 0.407 e. The second-order valence-corrected chi connectivity index (χ2v) is 6.29. The molecule has 1 heterocycles. The topological polar surface area (TPSA) is 71.8 Å². The number of hydrogen-bond donors (Lipinski definition) is 1. The Bertz CT molecular complexity index is 502. The lowest BCUT2D eigenvalue weighted by Gasteiger charge is -2.20. The molecule has 0 saturated heterocycles. The van der Waals surface area contributed by atoms with Crippen LogP contribution in [0.4, 0.5) is 4.79 Å². The second-order valence-electron chi connectivity index (χ2n) is 6.29. The highest BCUT2D eigenvalue weighted by molar-refractivity contribution is 5.75. The van der Waals surface area contributed by atoms with Crippen LogP contribution < -0.4 is 5.32 Å². The highest BCUT2D eigenvalue weighted by Gasteiger charge is 2.16. The maximum absolute atomic E-state index is 12.0. The zero-order valence-corrected chi connectivity index (χ0v) is 14.1. The molecule has 0 aliphatic rings. The van der Waals surface area contributed by atoms with Crippen molar-refractivity contribution in [3.63, 3.8) is 0 Å². The van der Waals surface area contributed by atoms with E-state index in [0.29, 0.717) is 25.9 Å². The Labute approximate surface area is 131 Å². The molecule has 2 amide bonds. The number of nitrogens with zero attached hydrogens (tertiary/aromatic N) is 1. The van der Waals surface area contributed by atoms with Crippen LogP contribution in [0.3, 0.4) is 0 Å². The summed E-state index contributed by atoms with van der Waals surface area (Å²) in [6, 6.07) is 3.74. The van der Waals surface area contributed by atoms with Crippen molar-refractivity contribution in [1.29, 1.82) is 0 Å². The van der Waals surface area contributed by atoms with Crippen LogP contribution in [-0.2, 0) is 16.1 Å². The number of ether oxygens (including phenoxy) is 1. The number of carbonyl (C=O) groups excluding carboxylic acids is 2. The van der Waals surface area contributed by atoms with Crippen LogP contribution in [0.5, 0.6) is 0 Å². The molecule has 0 spiro atoms. The normalized spacial score (nSPS) is 11.1. The van der Waals surface area contributed by atoms with Crippen molar-refractivity contribution in [2.45, 2.75) is 52.7 Å². The highest BCUT2D eigenvalue weighted by atomic mass is 16.6. The minimum atomic E-state index is -0.513. The van der Waals surface area contributed by atoms with Crippen molar-refractivity contribution < 1.29 is 18.7 Å². The summed E-state index contributed by atoms with van der Waals surface area (Å²) < 4.78 is 10.6. The molecule has 124 valence electrons. The van der Waals surface area contributed by atoms with E-state index >= 15 is 0 Å². The Balaban J connectivity index is 2.21. The molecule has 0 unspecified atom stereocenters. The van der Waals surface area contributed by atoms with Gasteiger partial charge in [0.2, 0.25) is 5.91 Å². The third-order valence-electron chi connectivity index (χ3n) is 2.85. The molecule has 6 heteroatoms. The quantitative estimate of drug-likeness (QED) is 0.820. The monoisotopic (exact) mass is 310 g/mol. The van der Waals surface area contributed by atoms with E-state index in [1.54, 1.807) is 32.7 Å². The molecule has 1 N–H and O–H groups in total. The fourth-order valence-electron chi connectivity index (χ4n) is 1.83. The molecular weight excluding hydrogens is 284 g/mol. The van der Waals surface area contributed by atoms with E-state index in [0.717, 1.165) is 11.5 Å². The van der Waals surface area contributed by atoms with Gasteiger partial charge in [0.15, 0.2) is 0 Å². The largest absolute Gasteiger partial charge is 0.464 e. The Morgan fingerprint density at radius 1 is 1.32 bits per heavy atom. The predicted molar refractivity (Wildman–Crippen MR) is 83.4 cm³/mol.